The maximum Gasteiger partial charge on any atom is 0.125 e. The van der Waals surface area contributed by atoms with Gasteiger partial charge in [0.1, 0.15) is 5.84 Å². The quantitative estimate of drug-likeness (QED) is 0.527. The van der Waals surface area contributed by atoms with Gasteiger partial charge < -0.3 is 5.73 Å². The Morgan fingerprint density at radius 3 is 3.10 bits per heavy atom. The van der Waals surface area contributed by atoms with E-state index in [0.717, 1.165) is 25.2 Å². The first-order valence-corrected chi connectivity index (χ1v) is 3.58. The summed E-state index contributed by atoms with van der Waals surface area (Å²) in [7, 11) is 0. The molecule has 1 aliphatic heterocycles. The zero-order valence-corrected chi connectivity index (χ0v) is 5.80. The van der Waals surface area contributed by atoms with Crippen LogP contribution in [0.1, 0.15) is 12.8 Å². The minimum atomic E-state index is 0.731. The van der Waals surface area contributed by atoms with Gasteiger partial charge in [-0.25, -0.2) is 0 Å². The molecule has 2 aliphatic rings. The van der Waals surface area contributed by atoms with Crippen LogP contribution in [0.3, 0.4) is 0 Å². The van der Waals surface area contributed by atoms with E-state index in [1.165, 1.54) is 11.1 Å². The molecule has 0 spiro atoms. The Bertz CT molecular complexity index is 246. The van der Waals surface area contributed by atoms with E-state index in [9.17, 15) is 0 Å². The third-order valence-corrected chi connectivity index (χ3v) is 1.97. The summed E-state index contributed by atoms with van der Waals surface area (Å²) in [5.74, 6) is 0.731. The smallest absolute Gasteiger partial charge is 0.125 e. The van der Waals surface area contributed by atoms with Crippen LogP contribution in [0.4, 0.5) is 0 Å². The third kappa shape index (κ3) is 0.685. The first kappa shape index (κ1) is 5.71. The molecule has 0 aromatic heterocycles. The Kier molecular flexibility index (Phi) is 1.13. The van der Waals surface area contributed by atoms with Gasteiger partial charge >= 0.3 is 0 Å². The van der Waals surface area contributed by atoms with E-state index < -0.39 is 0 Å². The van der Waals surface area contributed by atoms with Gasteiger partial charge in [0.2, 0.25) is 0 Å². The van der Waals surface area contributed by atoms with Gasteiger partial charge in [-0.15, -0.1) is 0 Å². The molecule has 2 heteroatoms. The highest BCUT2D eigenvalue weighted by atomic mass is 14.9. The summed E-state index contributed by atoms with van der Waals surface area (Å²) in [6.07, 6.45) is 6.50. The summed E-state index contributed by atoms with van der Waals surface area (Å²) in [5.41, 5.74) is 8.24. The normalized spacial score (nSPS) is 23.0. The number of aliphatic imine (C=N–C) groups is 1. The molecule has 0 radical (unpaired) electrons. The van der Waals surface area contributed by atoms with E-state index in [4.69, 9.17) is 5.73 Å². The number of nitrogens with zero attached hydrogens (tertiary/aromatic N) is 1. The molecule has 10 heavy (non-hydrogen) atoms. The van der Waals surface area contributed by atoms with Crippen molar-refractivity contribution in [3.8, 4) is 0 Å². The molecular weight excluding hydrogens is 124 g/mol. The Morgan fingerprint density at radius 2 is 2.30 bits per heavy atom. The van der Waals surface area contributed by atoms with Crippen LogP contribution in [-0.4, -0.2) is 12.4 Å². The van der Waals surface area contributed by atoms with E-state index in [1.807, 2.05) is 0 Å². The van der Waals surface area contributed by atoms with Crippen LogP contribution in [-0.2, 0) is 0 Å². The molecule has 0 aromatic carbocycles. The van der Waals surface area contributed by atoms with Crippen LogP contribution in [0, 0.1) is 0 Å². The lowest BCUT2D eigenvalue weighted by Crippen LogP contribution is -2.19. The number of hydrogen-bond donors (Lipinski definition) is 1. The summed E-state index contributed by atoms with van der Waals surface area (Å²) in [5, 5.41) is 0. The molecule has 52 valence electrons. The number of fused-ring (bicyclic) bond motifs is 1. The molecule has 0 aromatic rings. The first-order valence-electron chi connectivity index (χ1n) is 3.58. The SMILES string of the molecule is NC1=NCCC2=CCC=C21. The molecule has 0 atom stereocenters. The molecule has 0 bridgehead atoms. The number of hydrogen-bond acceptors (Lipinski definition) is 2. The fourth-order valence-electron chi connectivity index (χ4n) is 1.45. The highest BCUT2D eigenvalue weighted by Crippen LogP contribution is 2.25. The van der Waals surface area contributed by atoms with Gasteiger partial charge in [0.25, 0.3) is 0 Å². The number of amidine groups is 1. The molecule has 1 heterocycles. The molecule has 1 aliphatic carbocycles. The summed E-state index contributed by atoms with van der Waals surface area (Å²) in [6.45, 7) is 0.870. The van der Waals surface area contributed by atoms with E-state index in [0.29, 0.717) is 0 Å². The van der Waals surface area contributed by atoms with E-state index in [1.54, 1.807) is 0 Å². The number of rotatable bonds is 0. The van der Waals surface area contributed by atoms with E-state index in [-0.39, 0.29) is 0 Å². The molecule has 2 N–H and O–H groups in total. The molecule has 2 rings (SSSR count). The van der Waals surface area contributed by atoms with Gasteiger partial charge in [-0.2, -0.15) is 0 Å². The summed E-state index contributed by atoms with van der Waals surface area (Å²) >= 11 is 0. The molecule has 0 fully saturated rings. The van der Waals surface area contributed by atoms with Gasteiger partial charge in [0.05, 0.1) is 0 Å². The second-order valence-corrected chi connectivity index (χ2v) is 2.60. The van der Waals surface area contributed by atoms with Crippen molar-refractivity contribution < 1.29 is 0 Å². The highest BCUT2D eigenvalue weighted by molar-refractivity contribution is 6.02. The van der Waals surface area contributed by atoms with Gasteiger partial charge in [0, 0.05) is 12.1 Å². The molecule has 0 saturated carbocycles. The summed E-state index contributed by atoms with van der Waals surface area (Å²) in [6, 6.07) is 0. The minimum Gasteiger partial charge on any atom is -0.384 e. The second-order valence-electron chi connectivity index (χ2n) is 2.60. The molecule has 0 saturated heterocycles. The van der Waals surface area contributed by atoms with Crippen molar-refractivity contribution in [2.45, 2.75) is 12.8 Å². The van der Waals surface area contributed by atoms with Gasteiger partial charge in [-0.05, 0) is 18.4 Å². The van der Waals surface area contributed by atoms with Crippen molar-refractivity contribution in [2.75, 3.05) is 6.54 Å². The summed E-state index contributed by atoms with van der Waals surface area (Å²) < 4.78 is 0. The third-order valence-electron chi connectivity index (χ3n) is 1.97. The molecular formula is C8H10N2. The van der Waals surface area contributed by atoms with Crippen molar-refractivity contribution in [1.29, 1.82) is 0 Å². The predicted molar refractivity (Wildman–Crippen MR) is 41.9 cm³/mol. The average Bonchev–Trinajstić information content (AvgIpc) is 2.36. The maximum absolute atomic E-state index is 5.66. The Labute approximate surface area is 60.1 Å². The number of allylic oxidation sites excluding steroid dienone is 2. The van der Waals surface area contributed by atoms with E-state index >= 15 is 0 Å². The fraction of sp³-hybridized carbons (Fsp3) is 0.375. The number of nitrogens with two attached hydrogens (primary N) is 1. The average molecular weight is 134 g/mol. The van der Waals surface area contributed by atoms with Crippen LogP contribution in [0.5, 0.6) is 0 Å². The Balaban J connectivity index is 2.42. The standard InChI is InChI=1S/C8H10N2/c9-8-7-3-1-2-6(7)4-5-10-8/h2-3H,1,4-5H2,(H2,9,10). The van der Waals surface area contributed by atoms with Crippen LogP contribution in [0.15, 0.2) is 28.3 Å². The van der Waals surface area contributed by atoms with Crippen molar-refractivity contribution in [3.05, 3.63) is 23.3 Å². The lowest BCUT2D eigenvalue weighted by molar-refractivity contribution is 0.940. The van der Waals surface area contributed by atoms with Gasteiger partial charge in [-0.1, -0.05) is 12.2 Å². The first-order chi connectivity index (χ1) is 4.88. The fourth-order valence-corrected chi connectivity index (χ4v) is 1.45. The second kappa shape index (κ2) is 1.97. The minimum absolute atomic E-state index is 0.731. The van der Waals surface area contributed by atoms with Crippen molar-refractivity contribution >= 4 is 5.84 Å². The zero-order valence-electron chi connectivity index (χ0n) is 5.80. The molecule has 0 amide bonds. The topological polar surface area (TPSA) is 38.4 Å². The van der Waals surface area contributed by atoms with Crippen LogP contribution in [0.2, 0.25) is 0 Å². The Morgan fingerprint density at radius 1 is 1.40 bits per heavy atom. The summed E-state index contributed by atoms with van der Waals surface area (Å²) in [4.78, 5) is 4.16. The van der Waals surface area contributed by atoms with Crippen LogP contribution >= 0.6 is 0 Å². The van der Waals surface area contributed by atoms with Crippen LogP contribution < -0.4 is 5.73 Å². The Hall–Kier alpha value is -1.05. The van der Waals surface area contributed by atoms with Crippen molar-refractivity contribution in [2.24, 2.45) is 10.7 Å². The van der Waals surface area contributed by atoms with Gasteiger partial charge in [0.15, 0.2) is 0 Å². The van der Waals surface area contributed by atoms with Crippen molar-refractivity contribution in [3.63, 3.8) is 0 Å². The van der Waals surface area contributed by atoms with Crippen LogP contribution in [0.25, 0.3) is 0 Å². The molecule has 0 unspecified atom stereocenters. The largest absolute Gasteiger partial charge is 0.384 e. The molecule has 2 nitrogen and oxygen atoms in total. The zero-order chi connectivity index (χ0) is 6.97. The lowest BCUT2D eigenvalue weighted by atomic mass is 10.0. The lowest BCUT2D eigenvalue weighted by Gasteiger charge is -2.12. The van der Waals surface area contributed by atoms with E-state index in [2.05, 4.69) is 17.1 Å². The van der Waals surface area contributed by atoms with Gasteiger partial charge in [-0.3, -0.25) is 4.99 Å². The monoisotopic (exact) mass is 134 g/mol. The predicted octanol–water partition coefficient (Wildman–Crippen LogP) is 1.00. The highest BCUT2D eigenvalue weighted by Gasteiger charge is 2.16. The van der Waals surface area contributed by atoms with Crippen molar-refractivity contribution in [1.82, 2.24) is 0 Å². The maximum atomic E-state index is 5.66.